The Morgan fingerprint density at radius 1 is 1.15 bits per heavy atom. The maximum Gasteiger partial charge on any atom is 0.573 e. The third-order valence-corrected chi connectivity index (χ3v) is 2.84. The van der Waals surface area contributed by atoms with Crippen molar-refractivity contribution in [2.45, 2.75) is 51.7 Å². The molecule has 1 aromatic rings. The van der Waals surface area contributed by atoms with E-state index in [-0.39, 0.29) is 17.8 Å². The van der Waals surface area contributed by atoms with E-state index in [1.807, 2.05) is 13.8 Å². The van der Waals surface area contributed by atoms with Crippen LogP contribution in [-0.4, -0.2) is 23.6 Å². The smallest absolute Gasteiger partial charge is 0.406 e. The van der Waals surface area contributed by atoms with Gasteiger partial charge in [0.15, 0.2) is 0 Å². The Morgan fingerprint density at radius 2 is 1.70 bits per heavy atom. The highest BCUT2D eigenvalue weighted by atomic mass is 19.4. The van der Waals surface area contributed by atoms with Crippen LogP contribution in [0.15, 0.2) is 24.3 Å². The maximum atomic E-state index is 12.0. The second kappa shape index (κ2) is 6.95. The minimum absolute atomic E-state index is 0.0244. The van der Waals surface area contributed by atoms with Crippen molar-refractivity contribution in [3.8, 4) is 5.75 Å². The number of halogens is 3. The molecule has 0 heterocycles. The first-order chi connectivity index (χ1) is 9.17. The quantitative estimate of drug-likeness (QED) is 0.844. The van der Waals surface area contributed by atoms with Gasteiger partial charge in [-0.1, -0.05) is 12.1 Å². The molecule has 0 aliphatic heterocycles. The van der Waals surface area contributed by atoms with Crippen LogP contribution in [0.5, 0.6) is 5.75 Å². The molecule has 0 radical (unpaired) electrons. The molecule has 0 saturated carbocycles. The molecular formula is C14H20F3NO2. The molecule has 0 bridgehead atoms. The minimum Gasteiger partial charge on any atom is -0.406 e. The van der Waals surface area contributed by atoms with E-state index in [0.29, 0.717) is 6.42 Å². The molecule has 0 aromatic heterocycles. The number of rotatable bonds is 6. The first kappa shape index (κ1) is 16.8. The van der Waals surface area contributed by atoms with Crippen molar-refractivity contribution in [2.24, 2.45) is 0 Å². The predicted molar refractivity (Wildman–Crippen MR) is 70.4 cm³/mol. The van der Waals surface area contributed by atoms with Gasteiger partial charge in [0.25, 0.3) is 0 Å². The van der Waals surface area contributed by atoms with Crippen LogP contribution in [0.4, 0.5) is 13.2 Å². The van der Waals surface area contributed by atoms with Gasteiger partial charge in [-0.2, -0.15) is 0 Å². The van der Waals surface area contributed by atoms with Gasteiger partial charge in [0.2, 0.25) is 0 Å². The van der Waals surface area contributed by atoms with Crippen LogP contribution in [0, 0.1) is 0 Å². The lowest BCUT2D eigenvalue weighted by molar-refractivity contribution is -0.274. The summed E-state index contributed by atoms with van der Waals surface area (Å²) in [6.45, 7) is 5.58. The molecule has 0 aliphatic rings. The Labute approximate surface area is 116 Å². The second-order valence-electron chi connectivity index (χ2n) is 4.99. The monoisotopic (exact) mass is 291 g/mol. The fourth-order valence-corrected chi connectivity index (χ4v) is 2.06. The summed E-state index contributed by atoms with van der Waals surface area (Å²) in [6.07, 6.45) is -4.45. The highest BCUT2D eigenvalue weighted by Gasteiger charge is 2.31. The molecule has 0 amide bonds. The molecule has 3 unspecified atom stereocenters. The van der Waals surface area contributed by atoms with Gasteiger partial charge < -0.3 is 15.2 Å². The molecule has 0 fully saturated rings. The number of ether oxygens (including phenoxy) is 1. The van der Waals surface area contributed by atoms with E-state index in [4.69, 9.17) is 0 Å². The van der Waals surface area contributed by atoms with Crippen LogP contribution in [0.1, 0.15) is 38.8 Å². The van der Waals surface area contributed by atoms with Crippen molar-refractivity contribution < 1.29 is 23.0 Å². The maximum absolute atomic E-state index is 12.0. The largest absolute Gasteiger partial charge is 0.573 e. The highest BCUT2D eigenvalue weighted by Crippen LogP contribution is 2.24. The Morgan fingerprint density at radius 3 is 2.15 bits per heavy atom. The van der Waals surface area contributed by atoms with Crippen molar-refractivity contribution in [3.05, 3.63) is 29.8 Å². The number of aliphatic hydroxyl groups is 1. The lowest BCUT2D eigenvalue weighted by atomic mass is 10.1. The predicted octanol–water partition coefficient (Wildman–Crippen LogP) is 3.40. The Balaban J connectivity index is 2.59. The highest BCUT2D eigenvalue weighted by molar-refractivity contribution is 5.29. The van der Waals surface area contributed by atoms with Gasteiger partial charge in [-0.25, -0.2) is 0 Å². The molecule has 20 heavy (non-hydrogen) atoms. The van der Waals surface area contributed by atoms with E-state index >= 15 is 0 Å². The van der Waals surface area contributed by atoms with Gasteiger partial charge in [0, 0.05) is 12.1 Å². The van der Waals surface area contributed by atoms with Crippen molar-refractivity contribution in [1.82, 2.24) is 5.32 Å². The first-order valence-corrected chi connectivity index (χ1v) is 6.47. The van der Waals surface area contributed by atoms with Crippen LogP contribution in [0.3, 0.4) is 0 Å². The zero-order valence-corrected chi connectivity index (χ0v) is 11.7. The van der Waals surface area contributed by atoms with Gasteiger partial charge in [0.05, 0.1) is 6.10 Å². The average molecular weight is 291 g/mol. The van der Waals surface area contributed by atoms with Crippen molar-refractivity contribution in [3.63, 3.8) is 0 Å². The summed E-state index contributed by atoms with van der Waals surface area (Å²) in [5, 5.41) is 12.6. The fourth-order valence-electron chi connectivity index (χ4n) is 2.06. The number of aliphatic hydroxyl groups excluding tert-OH is 1. The molecule has 114 valence electrons. The van der Waals surface area contributed by atoms with Gasteiger partial charge in [-0.05, 0) is 44.9 Å². The van der Waals surface area contributed by atoms with Crippen molar-refractivity contribution in [2.75, 3.05) is 0 Å². The van der Waals surface area contributed by atoms with E-state index in [2.05, 4.69) is 10.1 Å². The number of nitrogens with one attached hydrogen (secondary N) is 1. The van der Waals surface area contributed by atoms with Gasteiger partial charge in [-0.3, -0.25) is 0 Å². The van der Waals surface area contributed by atoms with Crippen molar-refractivity contribution >= 4 is 0 Å². The molecule has 0 aliphatic carbocycles. The van der Waals surface area contributed by atoms with Gasteiger partial charge in [-0.15, -0.1) is 13.2 Å². The zero-order valence-electron chi connectivity index (χ0n) is 11.7. The summed E-state index contributed by atoms with van der Waals surface area (Å²) < 4.78 is 39.9. The molecular weight excluding hydrogens is 271 g/mol. The molecule has 1 rings (SSSR count). The molecule has 3 atom stereocenters. The molecule has 2 N–H and O–H groups in total. The third-order valence-electron chi connectivity index (χ3n) is 2.84. The molecule has 0 saturated heterocycles. The second-order valence-corrected chi connectivity index (χ2v) is 4.99. The Hall–Kier alpha value is -1.27. The van der Waals surface area contributed by atoms with Gasteiger partial charge >= 0.3 is 6.36 Å². The van der Waals surface area contributed by atoms with E-state index < -0.39 is 12.5 Å². The molecule has 6 heteroatoms. The van der Waals surface area contributed by atoms with Gasteiger partial charge in [0.1, 0.15) is 5.75 Å². The Kier molecular flexibility index (Phi) is 5.83. The number of benzene rings is 1. The lowest BCUT2D eigenvalue weighted by Gasteiger charge is -2.21. The normalized spacial score (nSPS) is 16.6. The van der Waals surface area contributed by atoms with E-state index in [9.17, 15) is 18.3 Å². The minimum atomic E-state index is -4.67. The van der Waals surface area contributed by atoms with Crippen LogP contribution >= 0.6 is 0 Å². The average Bonchev–Trinajstić information content (AvgIpc) is 2.26. The lowest BCUT2D eigenvalue weighted by Crippen LogP contribution is -2.31. The van der Waals surface area contributed by atoms with E-state index in [1.165, 1.54) is 12.1 Å². The summed E-state index contributed by atoms with van der Waals surface area (Å²) in [6, 6.07) is 5.85. The van der Waals surface area contributed by atoms with E-state index in [1.54, 1.807) is 19.1 Å². The molecule has 1 aromatic carbocycles. The van der Waals surface area contributed by atoms with Crippen molar-refractivity contribution in [1.29, 1.82) is 0 Å². The topological polar surface area (TPSA) is 41.5 Å². The summed E-state index contributed by atoms with van der Waals surface area (Å²) in [5.74, 6) is -0.231. The van der Waals surface area contributed by atoms with Crippen LogP contribution in [-0.2, 0) is 0 Å². The molecule has 0 spiro atoms. The number of hydrogen-bond acceptors (Lipinski definition) is 3. The summed E-state index contributed by atoms with van der Waals surface area (Å²) in [4.78, 5) is 0. The van der Waals surface area contributed by atoms with Crippen LogP contribution in [0.25, 0.3) is 0 Å². The van der Waals surface area contributed by atoms with Crippen LogP contribution in [0.2, 0.25) is 0 Å². The summed E-state index contributed by atoms with van der Waals surface area (Å²) in [7, 11) is 0. The first-order valence-electron chi connectivity index (χ1n) is 6.47. The third kappa shape index (κ3) is 6.25. The Bertz CT molecular complexity index is 404. The summed E-state index contributed by atoms with van der Waals surface area (Å²) >= 11 is 0. The van der Waals surface area contributed by atoms with Crippen LogP contribution < -0.4 is 10.1 Å². The SMILES string of the molecule is CC(O)CC(C)NC(C)c1ccc(OC(F)(F)F)cc1. The number of alkyl halides is 3. The fraction of sp³-hybridized carbons (Fsp3) is 0.571. The molecule has 3 nitrogen and oxygen atoms in total. The van der Waals surface area contributed by atoms with E-state index in [0.717, 1.165) is 5.56 Å². The number of hydrogen-bond donors (Lipinski definition) is 2. The summed E-state index contributed by atoms with van der Waals surface area (Å²) in [5.41, 5.74) is 0.858. The standard InChI is InChI=1S/C14H20F3NO2/c1-9(8-10(2)19)18-11(3)12-4-6-13(7-5-12)20-14(15,16)17/h4-7,9-11,18-19H,8H2,1-3H3. The zero-order chi connectivity index (χ0) is 15.3.